The number of rotatable bonds is 5. The summed E-state index contributed by atoms with van der Waals surface area (Å²) < 4.78 is 15.7. The molecular weight excluding hydrogens is 378 g/mol. The van der Waals surface area contributed by atoms with Crippen molar-refractivity contribution in [3.8, 4) is 16.3 Å². The fraction of sp³-hybridized carbons (Fsp3) is 0.0952. The number of hydrogen-bond donors (Lipinski definition) is 0. The molecule has 0 bridgehead atoms. The number of esters is 1. The lowest BCUT2D eigenvalue weighted by Gasteiger charge is -2.07. The maximum absolute atomic E-state index is 12.4. The third-order valence-corrected chi connectivity index (χ3v) is 5.02. The highest BCUT2D eigenvalue weighted by Crippen LogP contribution is 2.25. The van der Waals surface area contributed by atoms with Gasteiger partial charge in [-0.3, -0.25) is 0 Å². The van der Waals surface area contributed by atoms with E-state index < -0.39 is 11.6 Å². The Kier molecular flexibility index (Phi) is 4.90. The van der Waals surface area contributed by atoms with Crippen LogP contribution in [0.1, 0.15) is 16.1 Å². The number of ether oxygens (including phenoxy) is 2. The van der Waals surface area contributed by atoms with Crippen molar-refractivity contribution in [1.29, 1.82) is 0 Å². The van der Waals surface area contributed by atoms with Crippen molar-refractivity contribution >= 4 is 28.3 Å². The molecule has 0 aliphatic rings. The van der Waals surface area contributed by atoms with Crippen LogP contribution in [-0.4, -0.2) is 18.1 Å². The van der Waals surface area contributed by atoms with Gasteiger partial charge in [-0.1, -0.05) is 30.3 Å². The number of carbonyl (C=O) groups is 1. The summed E-state index contributed by atoms with van der Waals surface area (Å²) in [4.78, 5) is 28.5. The Hall–Kier alpha value is -3.45. The Morgan fingerprint density at radius 2 is 1.96 bits per heavy atom. The lowest BCUT2D eigenvalue weighted by molar-refractivity contribution is 0.0468. The maximum atomic E-state index is 12.4. The molecule has 4 aromatic rings. The molecule has 0 saturated carbocycles. The monoisotopic (exact) mass is 393 g/mol. The molecule has 2 heterocycles. The number of nitrogens with zero attached hydrogens (tertiary/aromatic N) is 1. The van der Waals surface area contributed by atoms with E-state index in [0.717, 1.165) is 10.6 Å². The van der Waals surface area contributed by atoms with Crippen LogP contribution in [0.2, 0.25) is 0 Å². The van der Waals surface area contributed by atoms with Gasteiger partial charge in [-0.2, -0.15) is 0 Å². The van der Waals surface area contributed by atoms with E-state index in [2.05, 4.69) is 4.98 Å². The Balaban J connectivity index is 1.54. The molecule has 140 valence electrons. The lowest BCUT2D eigenvalue weighted by atomic mass is 10.1. The van der Waals surface area contributed by atoms with Crippen LogP contribution in [0.4, 0.5) is 0 Å². The quantitative estimate of drug-likeness (QED) is 0.372. The molecule has 7 heteroatoms. The topological polar surface area (TPSA) is 78.6 Å². The molecule has 0 fully saturated rings. The van der Waals surface area contributed by atoms with Crippen molar-refractivity contribution in [2.45, 2.75) is 6.61 Å². The van der Waals surface area contributed by atoms with Gasteiger partial charge in [0.2, 0.25) is 0 Å². The van der Waals surface area contributed by atoms with Crippen LogP contribution < -0.4 is 10.4 Å². The fourth-order valence-electron chi connectivity index (χ4n) is 2.75. The van der Waals surface area contributed by atoms with Gasteiger partial charge in [0.25, 0.3) is 0 Å². The Bertz CT molecular complexity index is 1200. The maximum Gasteiger partial charge on any atom is 0.358 e. The van der Waals surface area contributed by atoms with Gasteiger partial charge in [-0.15, -0.1) is 11.3 Å². The molecular formula is C21H15NO5S. The van der Waals surface area contributed by atoms with Crippen molar-refractivity contribution in [3.05, 3.63) is 81.7 Å². The summed E-state index contributed by atoms with van der Waals surface area (Å²) in [6.07, 6.45) is 0. The first-order valence-electron chi connectivity index (χ1n) is 8.43. The van der Waals surface area contributed by atoms with Gasteiger partial charge in [0, 0.05) is 34.0 Å². The van der Waals surface area contributed by atoms with Crippen LogP contribution in [0.25, 0.3) is 21.5 Å². The van der Waals surface area contributed by atoms with E-state index in [-0.39, 0.29) is 12.3 Å². The van der Waals surface area contributed by atoms with Gasteiger partial charge in [-0.25, -0.2) is 14.6 Å². The van der Waals surface area contributed by atoms with E-state index >= 15 is 0 Å². The lowest BCUT2D eigenvalue weighted by Crippen LogP contribution is -2.08. The molecule has 0 aliphatic heterocycles. The van der Waals surface area contributed by atoms with Crippen LogP contribution in [0, 0.1) is 0 Å². The number of fused-ring (bicyclic) bond motifs is 1. The van der Waals surface area contributed by atoms with Crippen LogP contribution in [0.3, 0.4) is 0 Å². The molecule has 0 atom stereocenters. The highest BCUT2D eigenvalue weighted by molar-refractivity contribution is 7.13. The van der Waals surface area contributed by atoms with Gasteiger partial charge in [-0.05, 0) is 12.1 Å². The number of carbonyl (C=O) groups excluding carboxylic acids is 1. The second kappa shape index (κ2) is 7.66. The first-order valence-corrected chi connectivity index (χ1v) is 9.31. The van der Waals surface area contributed by atoms with Crippen LogP contribution in [-0.2, 0) is 11.3 Å². The molecule has 0 N–H and O–H groups in total. The molecule has 4 rings (SSSR count). The Labute approximate surface area is 164 Å². The largest absolute Gasteiger partial charge is 0.497 e. The van der Waals surface area contributed by atoms with Crippen LogP contribution >= 0.6 is 11.3 Å². The average molecular weight is 393 g/mol. The molecule has 0 aliphatic carbocycles. The van der Waals surface area contributed by atoms with Crippen LogP contribution in [0.15, 0.2) is 69.2 Å². The van der Waals surface area contributed by atoms with Crippen LogP contribution in [0.5, 0.6) is 5.75 Å². The molecule has 2 aromatic carbocycles. The number of methoxy groups -OCH3 is 1. The number of aromatic nitrogens is 1. The van der Waals surface area contributed by atoms with E-state index in [0.29, 0.717) is 22.3 Å². The zero-order chi connectivity index (χ0) is 19.5. The standard InChI is InChI=1S/C21H15NO5S/c1-25-15-7-8-16-14(9-19(23)27-18(16)10-15)11-26-21(24)17-12-28-20(22-17)13-5-3-2-4-6-13/h2-10,12H,11H2,1H3. The first-order chi connectivity index (χ1) is 13.6. The highest BCUT2D eigenvalue weighted by atomic mass is 32.1. The van der Waals surface area contributed by atoms with Crippen molar-refractivity contribution in [2.24, 2.45) is 0 Å². The third kappa shape index (κ3) is 3.65. The van der Waals surface area contributed by atoms with E-state index in [1.807, 2.05) is 30.3 Å². The van der Waals surface area contributed by atoms with Gasteiger partial charge in [0.05, 0.1) is 7.11 Å². The Morgan fingerprint density at radius 3 is 2.75 bits per heavy atom. The minimum atomic E-state index is -0.548. The van der Waals surface area contributed by atoms with E-state index in [1.165, 1.54) is 24.5 Å². The van der Waals surface area contributed by atoms with Crippen molar-refractivity contribution in [2.75, 3.05) is 7.11 Å². The smallest absolute Gasteiger partial charge is 0.358 e. The normalized spacial score (nSPS) is 10.8. The SMILES string of the molecule is COc1ccc2c(COC(=O)c3csc(-c4ccccc4)n3)cc(=O)oc2c1. The van der Waals surface area contributed by atoms with Gasteiger partial charge in [0.15, 0.2) is 5.69 Å². The first kappa shape index (κ1) is 17.9. The summed E-state index contributed by atoms with van der Waals surface area (Å²) in [7, 11) is 1.53. The van der Waals surface area contributed by atoms with E-state index in [1.54, 1.807) is 23.6 Å². The predicted molar refractivity (Wildman–Crippen MR) is 106 cm³/mol. The summed E-state index contributed by atoms with van der Waals surface area (Å²) in [5, 5.41) is 3.08. The van der Waals surface area contributed by atoms with E-state index in [9.17, 15) is 9.59 Å². The second-order valence-electron chi connectivity index (χ2n) is 5.93. The molecule has 0 unspecified atom stereocenters. The fourth-order valence-corrected chi connectivity index (χ4v) is 3.55. The van der Waals surface area contributed by atoms with Crippen molar-refractivity contribution in [3.63, 3.8) is 0 Å². The molecule has 28 heavy (non-hydrogen) atoms. The zero-order valence-electron chi connectivity index (χ0n) is 14.9. The molecule has 0 spiro atoms. The van der Waals surface area contributed by atoms with Crippen molar-refractivity contribution < 1.29 is 18.7 Å². The summed E-state index contributed by atoms with van der Waals surface area (Å²) in [6, 6.07) is 16.0. The summed E-state index contributed by atoms with van der Waals surface area (Å²) in [5.41, 5.74) is 1.58. The summed E-state index contributed by atoms with van der Waals surface area (Å²) in [6.45, 7) is -0.0640. The number of benzene rings is 2. The third-order valence-electron chi connectivity index (χ3n) is 4.13. The van der Waals surface area contributed by atoms with Crippen molar-refractivity contribution in [1.82, 2.24) is 4.98 Å². The number of thiazole rings is 1. The Morgan fingerprint density at radius 1 is 1.14 bits per heavy atom. The van der Waals surface area contributed by atoms with Gasteiger partial charge < -0.3 is 13.9 Å². The number of hydrogen-bond acceptors (Lipinski definition) is 7. The van der Waals surface area contributed by atoms with Gasteiger partial charge in [0.1, 0.15) is 22.9 Å². The van der Waals surface area contributed by atoms with Gasteiger partial charge >= 0.3 is 11.6 Å². The molecule has 2 aromatic heterocycles. The molecule has 6 nitrogen and oxygen atoms in total. The summed E-state index contributed by atoms with van der Waals surface area (Å²) >= 11 is 1.37. The molecule has 0 amide bonds. The zero-order valence-corrected chi connectivity index (χ0v) is 15.7. The molecule has 0 radical (unpaired) electrons. The second-order valence-corrected chi connectivity index (χ2v) is 6.79. The summed E-state index contributed by atoms with van der Waals surface area (Å²) in [5.74, 6) is 0.0223. The molecule has 0 saturated heterocycles. The van der Waals surface area contributed by atoms with E-state index in [4.69, 9.17) is 13.9 Å². The highest BCUT2D eigenvalue weighted by Gasteiger charge is 2.15. The predicted octanol–water partition coefficient (Wildman–Crippen LogP) is 4.28. The minimum absolute atomic E-state index is 0.0640. The average Bonchev–Trinajstić information content (AvgIpc) is 3.22. The minimum Gasteiger partial charge on any atom is -0.497 e.